The molecule has 0 saturated carbocycles. The molecule has 0 aliphatic carbocycles. The Morgan fingerprint density at radius 3 is 2.88 bits per heavy atom. The number of amides is 1. The number of carbonyl (C=O) groups is 1. The van der Waals surface area contributed by atoms with Crippen molar-refractivity contribution in [3.05, 3.63) is 47.6 Å². The summed E-state index contributed by atoms with van der Waals surface area (Å²) in [5.41, 5.74) is 1.04. The zero-order valence-electron chi connectivity index (χ0n) is 13.4. The predicted molar refractivity (Wildman–Crippen MR) is 95.3 cm³/mol. The largest absolute Gasteiger partial charge is 0.363 e. The fourth-order valence-electron chi connectivity index (χ4n) is 1.92. The van der Waals surface area contributed by atoms with Crippen molar-refractivity contribution in [3.63, 3.8) is 0 Å². The van der Waals surface area contributed by atoms with Gasteiger partial charge < -0.3 is 15.2 Å². The van der Waals surface area contributed by atoms with Crippen molar-refractivity contribution in [3.8, 4) is 0 Å². The van der Waals surface area contributed by atoms with E-state index in [0.29, 0.717) is 24.0 Å². The maximum absolute atomic E-state index is 11.9. The molecule has 0 bridgehead atoms. The summed E-state index contributed by atoms with van der Waals surface area (Å²) in [5, 5.41) is 18.3. The minimum Gasteiger partial charge on any atom is -0.363 e. The highest BCUT2D eigenvalue weighted by molar-refractivity contribution is 8.00. The van der Waals surface area contributed by atoms with Gasteiger partial charge in [0.05, 0.1) is 12.2 Å². The summed E-state index contributed by atoms with van der Waals surface area (Å²) in [6.07, 6.45) is 0.0870. The number of nitrogens with one attached hydrogen (secondary N) is 2. The number of thioether (sulfide) groups is 1. The molecule has 1 aromatic carbocycles. The molecule has 0 fully saturated rings. The van der Waals surface area contributed by atoms with E-state index in [1.165, 1.54) is 23.1 Å². The highest BCUT2D eigenvalue weighted by Gasteiger charge is 2.12. The smallest absolute Gasteiger partial charge is 0.237 e. The van der Waals surface area contributed by atoms with Crippen molar-refractivity contribution >= 4 is 34.1 Å². The minimum atomic E-state index is -0.147. The lowest BCUT2D eigenvalue weighted by Crippen LogP contribution is -2.24. The normalized spacial score (nSPS) is 10.6. The first-order valence-corrected chi connectivity index (χ1v) is 9.29. The van der Waals surface area contributed by atoms with Crippen LogP contribution in [0.3, 0.4) is 0 Å². The molecule has 0 atom stereocenters. The van der Waals surface area contributed by atoms with Gasteiger partial charge in [0.1, 0.15) is 0 Å². The SMILES string of the molecule is CNc1nnc(SCc2nc(CC(=O)NCc3ccccc3)no2)s1. The van der Waals surface area contributed by atoms with Gasteiger partial charge in [-0.3, -0.25) is 4.79 Å². The monoisotopic (exact) mass is 376 g/mol. The van der Waals surface area contributed by atoms with Crippen LogP contribution in [0.4, 0.5) is 5.13 Å². The summed E-state index contributed by atoms with van der Waals surface area (Å²) in [4.78, 5) is 16.2. The summed E-state index contributed by atoms with van der Waals surface area (Å²) in [6, 6.07) is 9.71. The number of hydrogen-bond acceptors (Lipinski definition) is 9. The number of benzene rings is 1. The van der Waals surface area contributed by atoms with Gasteiger partial charge in [-0.2, -0.15) is 4.98 Å². The van der Waals surface area contributed by atoms with Crippen molar-refractivity contribution in [1.29, 1.82) is 0 Å². The van der Waals surface area contributed by atoms with Crippen LogP contribution < -0.4 is 10.6 Å². The van der Waals surface area contributed by atoms with Gasteiger partial charge in [0, 0.05) is 13.6 Å². The number of carbonyl (C=O) groups excluding carboxylic acids is 1. The van der Waals surface area contributed by atoms with Gasteiger partial charge >= 0.3 is 0 Å². The van der Waals surface area contributed by atoms with Gasteiger partial charge in [0.2, 0.25) is 16.9 Å². The van der Waals surface area contributed by atoms with Crippen molar-refractivity contribution in [2.24, 2.45) is 0 Å². The molecule has 0 spiro atoms. The molecular weight excluding hydrogens is 360 g/mol. The molecular formula is C15H16N6O2S2. The van der Waals surface area contributed by atoms with Crippen molar-refractivity contribution in [1.82, 2.24) is 25.7 Å². The Labute approximate surface area is 152 Å². The van der Waals surface area contributed by atoms with Crippen molar-refractivity contribution in [2.45, 2.75) is 23.1 Å². The Morgan fingerprint density at radius 1 is 1.28 bits per heavy atom. The lowest BCUT2D eigenvalue weighted by atomic mass is 10.2. The molecule has 0 aliphatic rings. The number of aromatic nitrogens is 4. The van der Waals surface area contributed by atoms with E-state index in [0.717, 1.165) is 15.0 Å². The molecule has 1 amide bonds. The average Bonchev–Trinajstić information content (AvgIpc) is 3.28. The Bertz CT molecular complexity index is 820. The van der Waals surface area contributed by atoms with Crippen LogP contribution in [-0.2, 0) is 23.5 Å². The van der Waals surface area contributed by atoms with E-state index in [-0.39, 0.29) is 12.3 Å². The van der Waals surface area contributed by atoms with E-state index in [2.05, 4.69) is 31.0 Å². The molecule has 25 heavy (non-hydrogen) atoms. The minimum absolute atomic E-state index is 0.0870. The zero-order valence-corrected chi connectivity index (χ0v) is 15.1. The van der Waals surface area contributed by atoms with Crippen LogP contribution in [0.2, 0.25) is 0 Å². The number of nitrogens with zero attached hydrogens (tertiary/aromatic N) is 4. The molecule has 3 aromatic rings. The maximum atomic E-state index is 11.9. The summed E-state index contributed by atoms with van der Waals surface area (Å²) >= 11 is 2.91. The zero-order chi connectivity index (χ0) is 17.5. The third-order valence-corrected chi connectivity index (χ3v) is 5.16. The first-order valence-electron chi connectivity index (χ1n) is 7.49. The second-order valence-electron chi connectivity index (χ2n) is 4.96. The lowest BCUT2D eigenvalue weighted by molar-refractivity contribution is -0.120. The molecule has 0 radical (unpaired) electrons. The molecule has 2 N–H and O–H groups in total. The summed E-state index contributed by atoms with van der Waals surface area (Å²) in [7, 11) is 1.79. The Hall–Kier alpha value is -2.46. The van der Waals surface area contributed by atoms with E-state index in [1.807, 2.05) is 30.3 Å². The Kier molecular flexibility index (Phi) is 5.96. The van der Waals surface area contributed by atoms with Gasteiger partial charge in [-0.25, -0.2) is 0 Å². The Balaban J connectivity index is 1.45. The molecule has 2 aromatic heterocycles. The average molecular weight is 376 g/mol. The van der Waals surface area contributed by atoms with E-state index in [4.69, 9.17) is 4.52 Å². The van der Waals surface area contributed by atoms with E-state index < -0.39 is 0 Å². The third kappa shape index (κ3) is 5.26. The van der Waals surface area contributed by atoms with E-state index in [9.17, 15) is 4.79 Å². The molecule has 3 rings (SSSR count). The maximum Gasteiger partial charge on any atom is 0.237 e. The first kappa shape index (κ1) is 17.4. The van der Waals surface area contributed by atoms with Gasteiger partial charge in [-0.15, -0.1) is 10.2 Å². The van der Waals surface area contributed by atoms with Gasteiger partial charge in [-0.05, 0) is 5.56 Å². The number of anilines is 1. The Morgan fingerprint density at radius 2 is 2.12 bits per heavy atom. The highest BCUT2D eigenvalue weighted by Crippen LogP contribution is 2.27. The van der Waals surface area contributed by atoms with Crippen LogP contribution in [0, 0.1) is 0 Å². The summed E-state index contributed by atoms with van der Waals surface area (Å²) in [6.45, 7) is 0.477. The second-order valence-corrected chi connectivity index (χ2v) is 7.16. The first-order chi connectivity index (χ1) is 12.2. The van der Waals surface area contributed by atoms with E-state index >= 15 is 0 Å². The van der Waals surface area contributed by atoms with Crippen LogP contribution in [0.5, 0.6) is 0 Å². The van der Waals surface area contributed by atoms with Crippen LogP contribution >= 0.6 is 23.1 Å². The molecule has 0 aliphatic heterocycles. The summed E-state index contributed by atoms with van der Waals surface area (Å²) < 4.78 is 5.97. The quantitative estimate of drug-likeness (QED) is 0.576. The van der Waals surface area contributed by atoms with Gasteiger partial charge in [-0.1, -0.05) is 58.6 Å². The van der Waals surface area contributed by atoms with E-state index in [1.54, 1.807) is 7.05 Å². The van der Waals surface area contributed by atoms with Crippen LogP contribution in [0.15, 0.2) is 39.2 Å². The molecule has 130 valence electrons. The standard InChI is InChI=1S/C15H16N6O2S2/c1-16-14-19-20-15(25-14)24-9-13-18-11(21-23-13)7-12(22)17-8-10-5-3-2-4-6-10/h2-6H,7-9H2,1H3,(H,16,19)(H,17,22). The fourth-order valence-corrected chi connectivity index (χ4v) is 3.46. The highest BCUT2D eigenvalue weighted by atomic mass is 32.2. The van der Waals surface area contributed by atoms with Crippen molar-refractivity contribution < 1.29 is 9.32 Å². The van der Waals surface area contributed by atoms with Crippen LogP contribution in [0.1, 0.15) is 17.3 Å². The molecule has 10 heteroatoms. The number of hydrogen-bond donors (Lipinski definition) is 2. The molecule has 8 nitrogen and oxygen atoms in total. The van der Waals surface area contributed by atoms with Gasteiger partial charge in [0.15, 0.2) is 10.2 Å². The summed E-state index contributed by atoms with van der Waals surface area (Å²) in [5.74, 6) is 1.16. The molecule has 2 heterocycles. The molecule has 0 unspecified atom stereocenters. The third-order valence-electron chi connectivity index (χ3n) is 3.10. The predicted octanol–water partition coefficient (Wildman–Crippen LogP) is 2.11. The fraction of sp³-hybridized carbons (Fsp3) is 0.267. The number of rotatable bonds is 8. The van der Waals surface area contributed by atoms with Crippen LogP contribution in [-0.4, -0.2) is 33.3 Å². The van der Waals surface area contributed by atoms with Crippen molar-refractivity contribution in [2.75, 3.05) is 12.4 Å². The molecule has 0 saturated heterocycles. The van der Waals surface area contributed by atoms with Crippen LogP contribution in [0.25, 0.3) is 0 Å². The lowest BCUT2D eigenvalue weighted by Gasteiger charge is -2.03. The van der Waals surface area contributed by atoms with Gasteiger partial charge in [0.25, 0.3) is 0 Å². The topological polar surface area (TPSA) is 106 Å². The second kappa shape index (κ2) is 8.58.